The molecular weight excluding hydrogens is 366 g/mol. The number of fused-ring (bicyclic) bond motifs is 1. The molecule has 0 saturated carbocycles. The highest BCUT2D eigenvalue weighted by Gasteiger charge is 2.13. The van der Waals surface area contributed by atoms with Gasteiger partial charge in [0.1, 0.15) is 14.4 Å². The molecule has 0 atom stereocenters. The lowest BCUT2D eigenvalue weighted by Gasteiger charge is -2.07. The smallest absolute Gasteiger partial charge is 0.129 e. The summed E-state index contributed by atoms with van der Waals surface area (Å²) in [5.41, 5.74) is 7.73. The Morgan fingerprint density at radius 2 is 1.81 bits per heavy atom. The van der Waals surface area contributed by atoms with Gasteiger partial charge in [-0.25, -0.2) is 9.97 Å². The standard InChI is InChI=1S/C22H19N3SSi/c1-27(2,3)12-9-17-14-23-10-7-18(17)19-6-4-5-16-13-21(26-22(16)19)20-8-11-24-15-25-20/h4-8,10-11,13-15H,1-3H3. The number of hydrogen-bond donors (Lipinski definition) is 0. The van der Waals surface area contributed by atoms with Gasteiger partial charge in [-0.3, -0.25) is 4.98 Å². The maximum absolute atomic E-state index is 4.39. The van der Waals surface area contributed by atoms with Crippen molar-refractivity contribution in [3.8, 4) is 33.2 Å². The van der Waals surface area contributed by atoms with E-state index in [2.05, 4.69) is 76.4 Å². The molecule has 0 N–H and O–H groups in total. The minimum Gasteiger partial charge on any atom is -0.263 e. The molecule has 0 saturated heterocycles. The Balaban J connectivity index is 1.88. The predicted octanol–water partition coefficient (Wildman–Crippen LogP) is 5.65. The second kappa shape index (κ2) is 7.07. The third kappa shape index (κ3) is 3.82. The van der Waals surface area contributed by atoms with Crippen LogP contribution in [-0.2, 0) is 0 Å². The highest BCUT2D eigenvalue weighted by atomic mass is 32.1. The number of benzene rings is 1. The van der Waals surface area contributed by atoms with Gasteiger partial charge in [0.15, 0.2) is 0 Å². The molecule has 5 heteroatoms. The fourth-order valence-electron chi connectivity index (χ4n) is 2.82. The van der Waals surface area contributed by atoms with Gasteiger partial charge in [-0.05, 0) is 23.6 Å². The van der Waals surface area contributed by atoms with Crippen molar-refractivity contribution in [2.45, 2.75) is 19.6 Å². The van der Waals surface area contributed by atoms with E-state index in [1.807, 2.05) is 18.5 Å². The van der Waals surface area contributed by atoms with Crippen molar-refractivity contribution in [1.82, 2.24) is 15.0 Å². The second-order valence-corrected chi connectivity index (χ2v) is 13.2. The van der Waals surface area contributed by atoms with Crippen molar-refractivity contribution in [3.63, 3.8) is 0 Å². The molecule has 0 spiro atoms. The van der Waals surface area contributed by atoms with E-state index in [0.29, 0.717) is 0 Å². The molecule has 27 heavy (non-hydrogen) atoms. The van der Waals surface area contributed by atoms with Crippen molar-refractivity contribution in [3.05, 3.63) is 66.9 Å². The lowest BCUT2D eigenvalue weighted by molar-refractivity contribution is 1.18. The number of aromatic nitrogens is 3. The van der Waals surface area contributed by atoms with Gasteiger partial charge in [0, 0.05) is 34.4 Å². The van der Waals surface area contributed by atoms with E-state index < -0.39 is 8.07 Å². The number of nitrogens with zero attached hydrogens (tertiary/aromatic N) is 3. The molecule has 0 aliphatic carbocycles. The van der Waals surface area contributed by atoms with Gasteiger partial charge in [-0.1, -0.05) is 43.8 Å². The average Bonchev–Trinajstić information content (AvgIpc) is 3.11. The van der Waals surface area contributed by atoms with Crippen LogP contribution in [0.15, 0.2) is 61.3 Å². The van der Waals surface area contributed by atoms with Crippen molar-refractivity contribution in [1.29, 1.82) is 0 Å². The number of hydrogen-bond acceptors (Lipinski definition) is 4. The first kappa shape index (κ1) is 17.6. The number of rotatable bonds is 2. The van der Waals surface area contributed by atoms with E-state index in [9.17, 15) is 0 Å². The summed E-state index contributed by atoms with van der Waals surface area (Å²) in [5.74, 6) is 3.39. The van der Waals surface area contributed by atoms with Gasteiger partial charge in [-0.2, -0.15) is 0 Å². The largest absolute Gasteiger partial charge is 0.263 e. The van der Waals surface area contributed by atoms with Crippen LogP contribution in [-0.4, -0.2) is 23.0 Å². The first-order valence-electron chi connectivity index (χ1n) is 8.78. The van der Waals surface area contributed by atoms with E-state index >= 15 is 0 Å². The van der Waals surface area contributed by atoms with Gasteiger partial charge in [0.2, 0.25) is 0 Å². The van der Waals surface area contributed by atoms with Gasteiger partial charge in [0.25, 0.3) is 0 Å². The third-order valence-electron chi connectivity index (χ3n) is 4.06. The van der Waals surface area contributed by atoms with Gasteiger partial charge < -0.3 is 0 Å². The van der Waals surface area contributed by atoms with E-state index in [-0.39, 0.29) is 0 Å². The zero-order valence-corrected chi connectivity index (χ0v) is 17.3. The summed E-state index contributed by atoms with van der Waals surface area (Å²) in [5, 5.41) is 1.21. The van der Waals surface area contributed by atoms with Crippen molar-refractivity contribution in [2.24, 2.45) is 0 Å². The second-order valence-electron chi connectivity index (χ2n) is 7.35. The molecule has 132 valence electrons. The lowest BCUT2D eigenvalue weighted by Crippen LogP contribution is -2.16. The van der Waals surface area contributed by atoms with E-state index in [1.54, 1.807) is 23.9 Å². The van der Waals surface area contributed by atoms with Crippen LogP contribution in [0.3, 0.4) is 0 Å². The molecule has 0 fully saturated rings. The van der Waals surface area contributed by atoms with Crippen molar-refractivity contribution >= 4 is 29.5 Å². The van der Waals surface area contributed by atoms with Gasteiger partial charge >= 0.3 is 0 Å². The van der Waals surface area contributed by atoms with E-state index in [4.69, 9.17) is 0 Å². The number of pyridine rings is 1. The predicted molar refractivity (Wildman–Crippen MR) is 116 cm³/mol. The third-order valence-corrected chi connectivity index (χ3v) is 6.14. The molecule has 3 aromatic heterocycles. The van der Waals surface area contributed by atoms with E-state index in [1.165, 1.54) is 15.6 Å². The maximum Gasteiger partial charge on any atom is 0.129 e. The highest BCUT2D eigenvalue weighted by molar-refractivity contribution is 7.22. The Morgan fingerprint density at radius 3 is 2.59 bits per heavy atom. The lowest BCUT2D eigenvalue weighted by atomic mass is 10.0. The van der Waals surface area contributed by atoms with Crippen LogP contribution in [0.2, 0.25) is 19.6 Å². The SMILES string of the molecule is C[Si](C)(C)C#Cc1cnccc1-c1cccc2cc(-c3ccncn3)sc12. The van der Waals surface area contributed by atoms with Gasteiger partial charge in [-0.15, -0.1) is 16.9 Å². The minimum absolute atomic E-state index is 0.950. The summed E-state index contributed by atoms with van der Waals surface area (Å²) in [4.78, 5) is 13.9. The summed E-state index contributed by atoms with van der Waals surface area (Å²) in [6, 6.07) is 12.6. The summed E-state index contributed by atoms with van der Waals surface area (Å²) < 4.78 is 1.24. The molecule has 0 radical (unpaired) electrons. The van der Waals surface area contributed by atoms with Crippen LogP contribution < -0.4 is 0 Å². The first-order valence-corrected chi connectivity index (χ1v) is 13.1. The van der Waals surface area contributed by atoms with Crippen molar-refractivity contribution in [2.75, 3.05) is 0 Å². The zero-order valence-electron chi connectivity index (χ0n) is 15.5. The molecule has 0 amide bonds. The Hall–Kier alpha value is -2.81. The van der Waals surface area contributed by atoms with Gasteiger partial charge in [0.05, 0.1) is 16.1 Å². The number of thiophene rings is 1. The molecule has 1 aromatic carbocycles. The fourth-order valence-corrected chi connectivity index (χ4v) is 4.50. The molecular formula is C22H19N3SSi. The molecule has 0 unspecified atom stereocenters. The van der Waals surface area contributed by atoms with Crippen LogP contribution in [0.1, 0.15) is 5.56 Å². The van der Waals surface area contributed by atoms with E-state index in [0.717, 1.165) is 21.7 Å². The molecule has 3 heterocycles. The Morgan fingerprint density at radius 1 is 0.963 bits per heavy atom. The Bertz CT molecular complexity index is 1160. The monoisotopic (exact) mass is 385 g/mol. The van der Waals surface area contributed by atoms with Crippen LogP contribution in [0.25, 0.3) is 31.8 Å². The Kier molecular flexibility index (Phi) is 4.61. The highest BCUT2D eigenvalue weighted by Crippen LogP contribution is 2.39. The topological polar surface area (TPSA) is 38.7 Å². The van der Waals surface area contributed by atoms with Crippen LogP contribution in [0, 0.1) is 11.5 Å². The first-order chi connectivity index (χ1) is 13.0. The molecule has 3 nitrogen and oxygen atoms in total. The molecule has 0 bridgehead atoms. The fraction of sp³-hybridized carbons (Fsp3) is 0.136. The van der Waals surface area contributed by atoms with Crippen LogP contribution >= 0.6 is 11.3 Å². The Labute approximate surface area is 164 Å². The molecule has 0 aliphatic heterocycles. The summed E-state index contributed by atoms with van der Waals surface area (Å²) in [7, 11) is -1.46. The summed E-state index contributed by atoms with van der Waals surface area (Å²) in [6.07, 6.45) is 7.08. The molecule has 4 rings (SSSR count). The minimum atomic E-state index is -1.46. The zero-order chi connectivity index (χ0) is 18.9. The summed E-state index contributed by atoms with van der Waals surface area (Å²) in [6.45, 7) is 6.76. The van der Waals surface area contributed by atoms with Crippen LogP contribution in [0.5, 0.6) is 0 Å². The molecule has 4 aromatic rings. The average molecular weight is 386 g/mol. The van der Waals surface area contributed by atoms with Crippen LogP contribution in [0.4, 0.5) is 0 Å². The quantitative estimate of drug-likeness (QED) is 0.331. The summed E-state index contributed by atoms with van der Waals surface area (Å²) >= 11 is 1.75. The molecule has 0 aliphatic rings. The van der Waals surface area contributed by atoms with Crippen molar-refractivity contribution < 1.29 is 0 Å². The normalized spacial score (nSPS) is 11.2. The maximum atomic E-state index is 4.39.